The van der Waals surface area contributed by atoms with E-state index in [0.29, 0.717) is 12.3 Å². The average molecular weight is 310 g/mol. The molecule has 0 spiro atoms. The van der Waals surface area contributed by atoms with Crippen molar-refractivity contribution in [1.29, 1.82) is 0 Å². The van der Waals surface area contributed by atoms with Gasteiger partial charge in [-0.1, -0.05) is 12.8 Å². The quantitative estimate of drug-likeness (QED) is 0.699. The molecule has 2 amide bonds. The molecule has 0 aromatic rings. The van der Waals surface area contributed by atoms with Gasteiger partial charge in [0.1, 0.15) is 0 Å². The molecular weight excluding hydrogens is 280 g/mol. The molecule has 0 aromatic heterocycles. The lowest BCUT2D eigenvalue weighted by Gasteiger charge is -2.29. The first-order valence-electron chi connectivity index (χ1n) is 8.79. The van der Waals surface area contributed by atoms with E-state index >= 15 is 0 Å². The molecule has 2 aliphatic rings. The Morgan fingerprint density at radius 3 is 2.32 bits per heavy atom. The van der Waals surface area contributed by atoms with Crippen LogP contribution in [0.2, 0.25) is 0 Å². The van der Waals surface area contributed by atoms with Gasteiger partial charge >= 0.3 is 0 Å². The molecule has 126 valence electrons. The zero-order valence-corrected chi connectivity index (χ0v) is 13.6. The van der Waals surface area contributed by atoms with E-state index < -0.39 is 0 Å². The number of amides is 2. The minimum absolute atomic E-state index is 0.0250. The van der Waals surface area contributed by atoms with Gasteiger partial charge in [-0.15, -0.1) is 0 Å². The van der Waals surface area contributed by atoms with Crippen LogP contribution in [-0.4, -0.2) is 35.6 Å². The molecule has 0 aromatic carbocycles. The van der Waals surface area contributed by atoms with Gasteiger partial charge in [0, 0.05) is 24.4 Å². The minimum Gasteiger partial charge on any atom is -0.394 e. The van der Waals surface area contributed by atoms with Crippen LogP contribution in [0.15, 0.2) is 0 Å². The maximum absolute atomic E-state index is 12.0. The molecule has 0 aliphatic heterocycles. The van der Waals surface area contributed by atoms with Crippen molar-refractivity contribution in [3.8, 4) is 0 Å². The number of hydrogen-bond donors (Lipinski definition) is 3. The van der Waals surface area contributed by atoms with Crippen molar-refractivity contribution in [3.63, 3.8) is 0 Å². The molecule has 1 unspecified atom stereocenters. The molecule has 5 heteroatoms. The van der Waals surface area contributed by atoms with Gasteiger partial charge in [0.15, 0.2) is 0 Å². The van der Waals surface area contributed by atoms with Gasteiger partial charge in [0.2, 0.25) is 11.8 Å². The molecule has 0 heterocycles. The Hall–Kier alpha value is -1.10. The third-order valence-electron chi connectivity index (χ3n) is 5.07. The van der Waals surface area contributed by atoms with Gasteiger partial charge in [-0.05, 0) is 51.4 Å². The standard InChI is InChI=1S/C17H30N2O3/c1-12(11-20)18-17(22)14-6-8-15(9-7-14)19-16(21)10-13-4-2-3-5-13/h12-15,20H,2-11H2,1H3,(H,18,22)(H,19,21). The van der Waals surface area contributed by atoms with Crippen molar-refractivity contribution in [1.82, 2.24) is 10.6 Å². The number of nitrogens with one attached hydrogen (secondary N) is 2. The summed E-state index contributed by atoms with van der Waals surface area (Å²) < 4.78 is 0. The second kappa shape index (κ2) is 8.51. The van der Waals surface area contributed by atoms with E-state index in [1.165, 1.54) is 25.7 Å². The summed E-state index contributed by atoms with van der Waals surface area (Å²) in [6.07, 6.45) is 9.00. The van der Waals surface area contributed by atoms with Gasteiger partial charge in [0.25, 0.3) is 0 Å². The van der Waals surface area contributed by atoms with Crippen LogP contribution in [0.5, 0.6) is 0 Å². The van der Waals surface area contributed by atoms with Crippen molar-refractivity contribution in [2.45, 2.75) is 76.8 Å². The second-order valence-electron chi connectivity index (χ2n) is 7.06. The Labute approximate surface area is 133 Å². The first-order valence-corrected chi connectivity index (χ1v) is 8.79. The van der Waals surface area contributed by atoms with Crippen LogP contribution in [0.4, 0.5) is 0 Å². The third-order valence-corrected chi connectivity index (χ3v) is 5.07. The maximum Gasteiger partial charge on any atom is 0.223 e. The lowest BCUT2D eigenvalue weighted by atomic mass is 9.85. The summed E-state index contributed by atoms with van der Waals surface area (Å²) in [5, 5.41) is 15.0. The Morgan fingerprint density at radius 2 is 1.73 bits per heavy atom. The topological polar surface area (TPSA) is 78.4 Å². The maximum atomic E-state index is 12.0. The molecule has 5 nitrogen and oxygen atoms in total. The van der Waals surface area contributed by atoms with Crippen LogP contribution < -0.4 is 10.6 Å². The van der Waals surface area contributed by atoms with Crippen molar-refractivity contribution >= 4 is 11.8 Å². The highest BCUT2D eigenvalue weighted by atomic mass is 16.3. The fraction of sp³-hybridized carbons (Fsp3) is 0.882. The number of carbonyl (C=O) groups is 2. The van der Waals surface area contributed by atoms with E-state index in [2.05, 4.69) is 10.6 Å². The van der Waals surface area contributed by atoms with Gasteiger partial charge in [-0.3, -0.25) is 9.59 Å². The molecule has 2 aliphatic carbocycles. The van der Waals surface area contributed by atoms with Crippen molar-refractivity contribution in [2.24, 2.45) is 11.8 Å². The van der Waals surface area contributed by atoms with Crippen LogP contribution in [0.25, 0.3) is 0 Å². The zero-order valence-electron chi connectivity index (χ0n) is 13.6. The first kappa shape index (κ1) is 17.3. The number of aliphatic hydroxyl groups is 1. The summed E-state index contributed by atoms with van der Waals surface area (Å²) in [6, 6.07) is 0.0459. The molecule has 3 N–H and O–H groups in total. The highest BCUT2D eigenvalue weighted by Gasteiger charge is 2.28. The largest absolute Gasteiger partial charge is 0.394 e. The van der Waals surface area contributed by atoms with Crippen molar-refractivity contribution < 1.29 is 14.7 Å². The predicted molar refractivity (Wildman–Crippen MR) is 85.2 cm³/mol. The zero-order chi connectivity index (χ0) is 15.9. The number of carbonyl (C=O) groups excluding carboxylic acids is 2. The highest BCUT2D eigenvalue weighted by molar-refractivity contribution is 5.79. The Morgan fingerprint density at radius 1 is 1.09 bits per heavy atom. The monoisotopic (exact) mass is 310 g/mol. The van der Waals surface area contributed by atoms with Gasteiger partial charge < -0.3 is 15.7 Å². The normalized spacial score (nSPS) is 27.4. The summed E-state index contributed by atoms with van der Waals surface area (Å²) in [7, 11) is 0. The average Bonchev–Trinajstić information content (AvgIpc) is 3.00. The fourth-order valence-electron chi connectivity index (χ4n) is 3.67. The first-order chi connectivity index (χ1) is 10.6. The summed E-state index contributed by atoms with van der Waals surface area (Å²) >= 11 is 0. The van der Waals surface area contributed by atoms with Crippen LogP contribution >= 0.6 is 0 Å². The lowest BCUT2D eigenvalue weighted by molar-refractivity contribution is -0.127. The minimum atomic E-state index is -0.184. The summed E-state index contributed by atoms with van der Waals surface area (Å²) in [5.74, 6) is 0.838. The summed E-state index contributed by atoms with van der Waals surface area (Å²) in [4.78, 5) is 24.1. The predicted octanol–water partition coefficient (Wildman–Crippen LogP) is 1.74. The van der Waals surface area contributed by atoms with Crippen molar-refractivity contribution in [3.05, 3.63) is 0 Å². The molecular formula is C17H30N2O3. The van der Waals surface area contributed by atoms with Gasteiger partial charge in [-0.2, -0.15) is 0 Å². The molecule has 2 fully saturated rings. The van der Waals surface area contributed by atoms with Crippen LogP contribution in [0.1, 0.15) is 64.7 Å². The Bertz CT molecular complexity index is 372. The summed E-state index contributed by atoms with van der Waals surface area (Å²) in [6.45, 7) is 1.77. The van der Waals surface area contributed by atoms with Gasteiger partial charge in [0.05, 0.1) is 6.61 Å². The number of hydrogen-bond acceptors (Lipinski definition) is 3. The molecule has 2 rings (SSSR count). The second-order valence-corrected chi connectivity index (χ2v) is 7.06. The highest BCUT2D eigenvalue weighted by Crippen LogP contribution is 2.28. The van der Waals surface area contributed by atoms with E-state index in [4.69, 9.17) is 5.11 Å². The van der Waals surface area contributed by atoms with E-state index in [0.717, 1.165) is 25.7 Å². The van der Waals surface area contributed by atoms with Crippen LogP contribution in [-0.2, 0) is 9.59 Å². The summed E-state index contributed by atoms with van der Waals surface area (Å²) in [5.41, 5.74) is 0. The molecule has 1 atom stereocenters. The van der Waals surface area contributed by atoms with Crippen LogP contribution in [0.3, 0.4) is 0 Å². The van der Waals surface area contributed by atoms with Crippen molar-refractivity contribution in [2.75, 3.05) is 6.61 Å². The molecule has 22 heavy (non-hydrogen) atoms. The number of rotatable bonds is 6. The van der Waals surface area contributed by atoms with E-state index in [-0.39, 0.29) is 36.4 Å². The Balaban J connectivity index is 1.66. The van der Waals surface area contributed by atoms with E-state index in [1.54, 1.807) is 6.92 Å². The van der Waals surface area contributed by atoms with E-state index in [1.807, 2.05) is 0 Å². The SMILES string of the molecule is CC(CO)NC(=O)C1CCC(NC(=O)CC2CCCC2)CC1. The molecule has 0 bridgehead atoms. The molecule has 2 saturated carbocycles. The third kappa shape index (κ3) is 5.27. The smallest absolute Gasteiger partial charge is 0.223 e. The number of aliphatic hydroxyl groups excluding tert-OH is 1. The van der Waals surface area contributed by atoms with E-state index in [9.17, 15) is 9.59 Å². The van der Waals surface area contributed by atoms with Gasteiger partial charge in [-0.25, -0.2) is 0 Å². The van der Waals surface area contributed by atoms with Crippen LogP contribution in [0, 0.1) is 11.8 Å². The molecule has 0 saturated heterocycles. The Kier molecular flexibility index (Phi) is 6.68. The lowest BCUT2D eigenvalue weighted by Crippen LogP contribution is -2.43. The molecule has 0 radical (unpaired) electrons. The fourth-order valence-corrected chi connectivity index (χ4v) is 3.67.